The Bertz CT molecular complexity index is 1340. The standard InChI is InChI=1S/C24H18BrClN4O2/c1-13-8-19(31)17(10-18(13)26)21-20-22(29-28-21)24(32)30(12-14-4-3-7-27-11-14)23(20)15-5-2-6-16(25)9-15/h2-11,23,31H,12H2,1H3,(H,28,29). The number of aromatic hydroxyl groups is 1. The second-order valence-electron chi connectivity index (χ2n) is 7.73. The van der Waals surface area contributed by atoms with Crippen molar-refractivity contribution < 1.29 is 9.90 Å². The molecule has 8 heteroatoms. The molecular formula is C24H18BrClN4O2. The summed E-state index contributed by atoms with van der Waals surface area (Å²) in [5.41, 5.74) is 4.72. The summed E-state index contributed by atoms with van der Waals surface area (Å²) < 4.78 is 0.906. The van der Waals surface area contributed by atoms with Gasteiger partial charge in [-0.2, -0.15) is 5.10 Å². The van der Waals surface area contributed by atoms with Crippen LogP contribution in [0, 0.1) is 6.92 Å². The van der Waals surface area contributed by atoms with Crippen LogP contribution in [0.1, 0.15) is 38.8 Å². The maximum Gasteiger partial charge on any atom is 0.273 e. The van der Waals surface area contributed by atoms with Crippen LogP contribution in [0.3, 0.4) is 0 Å². The van der Waals surface area contributed by atoms with E-state index in [9.17, 15) is 9.90 Å². The van der Waals surface area contributed by atoms with Gasteiger partial charge in [0, 0.05) is 39.6 Å². The molecule has 0 spiro atoms. The van der Waals surface area contributed by atoms with Gasteiger partial charge in [0.1, 0.15) is 17.1 Å². The third-order valence-electron chi connectivity index (χ3n) is 5.64. The van der Waals surface area contributed by atoms with Crippen LogP contribution >= 0.6 is 27.5 Å². The summed E-state index contributed by atoms with van der Waals surface area (Å²) in [6, 6.07) is 14.5. The van der Waals surface area contributed by atoms with E-state index in [2.05, 4.69) is 31.1 Å². The lowest BCUT2D eigenvalue weighted by Crippen LogP contribution is -2.29. The minimum atomic E-state index is -0.400. The third-order valence-corrected chi connectivity index (χ3v) is 6.54. The number of aromatic nitrogens is 3. The summed E-state index contributed by atoms with van der Waals surface area (Å²) in [5, 5.41) is 18.5. The normalized spacial score (nSPS) is 15.3. The number of benzene rings is 2. The highest BCUT2D eigenvalue weighted by Crippen LogP contribution is 2.46. The molecule has 1 atom stereocenters. The highest BCUT2D eigenvalue weighted by atomic mass is 79.9. The van der Waals surface area contributed by atoms with Gasteiger partial charge in [0.2, 0.25) is 0 Å². The molecule has 1 amide bonds. The van der Waals surface area contributed by atoms with Crippen molar-refractivity contribution in [3.8, 4) is 17.0 Å². The predicted octanol–water partition coefficient (Wildman–Crippen LogP) is 5.65. The van der Waals surface area contributed by atoms with E-state index in [1.807, 2.05) is 43.3 Å². The minimum Gasteiger partial charge on any atom is -0.507 e. The zero-order chi connectivity index (χ0) is 22.4. The lowest BCUT2D eigenvalue weighted by atomic mass is 9.95. The Hall–Kier alpha value is -3.16. The summed E-state index contributed by atoms with van der Waals surface area (Å²) in [6.45, 7) is 2.21. The second kappa shape index (κ2) is 8.07. The zero-order valence-electron chi connectivity index (χ0n) is 17.0. The SMILES string of the molecule is Cc1cc(O)c(-c2n[nH]c3c2C(c2cccc(Br)c2)N(Cc2cccnc2)C3=O)cc1Cl. The van der Waals surface area contributed by atoms with Crippen LogP contribution in [0.15, 0.2) is 65.4 Å². The van der Waals surface area contributed by atoms with Gasteiger partial charge in [0.05, 0.1) is 6.04 Å². The lowest BCUT2D eigenvalue weighted by Gasteiger charge is -2.26. The van der Waals surface area contributed by atoms with Crippen molar-refractivity contribution in [1.82, 2.24) is 20.1 Å². The first-order valence-corrected chi connectivity index (χ1v) is 11.1. The van der Waals surface area contributed by atoms with E-state index in [1.54, 1.807) is 29.4 Å². The van der Waals surface area contributed by atoms with Crippen LogP contribution in [-0.2, 0) is 6.54 Å². The van der Waals surface area contributed by atoms with Crippen LogP contribution in [0.4, 0.5) is 0 Å². The maximum atomic E-state index is 13.5. The van der Waals surface area contributed by atoms with Crippen molar-refractivity contribution in [3.05, 3.63) is 98.4 Å². The van der Waals surface area contributed by atoms with Gasteiger partial charge in [-0.3, -0.25) is 14.9 Å². The highest BCUT2D eigenvalue weighted by molar-refractivity contribution is 9.10. The fraction of sp³-hybridized carbons (Fsp3) is 0.125. The second-order valence-corrected chi connectivity index (χ2v) is 9.05. The molecule has 160 valence electrons. The Kier molecular flexibility index (Phi) is 5.23. The van der Waals surface area contributed by atoms with Gasteiger partial charge >= 0.3 is 0 Å². The number of hydrogen-bond donors (Lipinski definition) is 2. The molecule has 6 nitrogen and oxygen atoms in total. The van der Waals surface area contributed by atoms with Gasteiger partial charge in [-0.05, 0) is 53.9 Å². The van der Waals surface area contributed by atoms with Crippen LogP contribution < -0.4 is 0 Å². The lowest BCUT2D eigenvalue weighted by molar-refractivity contribution is 0.0730. The molecule has 2 aromatic heterocycles. The summed E-state index contributed by atoms with van der Waals surface area (Å²) in [6.07, 6.45) is 3.46. The fourth-order valence-corrected chi connectivity index (χ4v) is 4.71. The van der Waals surface area contributed by atoms with Crippen LogP contribution in [0.2, 0.25) is 5.02 Å². The van der Waals surface area contributed by atoms with Crippen molar-refractivity contribution in [2.45, 2.75) is 19.5 Å². The number of amides is 1. The Labute approximate surface area is 198 Å². The molecule has 1 aliphatic rings. The Balaban J connectivity index is 1.69. The van der Waals surface area contributed by atoms with Crippen molar-refractivity contribution in [1.29, 1.82) is 0 Å². The van der Waals surface area contributed by atoms with Crippen molar-refractivity contribution >= 4 is 33.4 Å². The molecule has 32 heavy (non-hydrogen) atoms. The number of hydrogen-bond acceptors (Lipinski definition) is 4. The van der Waals surface area contributed by atoms with Crippen molar-refractivity contribution in [2.75, 3.05) is 0 Å². The van der Waals surface area contributed by atoms with Gasteiger partial charge in [-0.1, -0.05) is 45.7 Å². The molecule has 0 fully saturated rings. The van der Waals surface area contributed by atoms with Crippen molar-refractivity contribution in [3.63, 3.8) is 0 Å². The van der Waals surface area contributed by atoms with E-state index in [0.717, 1.165) is 21.2 Å². The number of phenols is 1. The zero-order valence-corrected chi connectivity index (χ0v) is 19.4. The number of pyridine rings is 1. The van der Waals surface area contributed by atoms with E-state index in [0.29, 0.717) is 34.1 Å². The molecular weight excluding hydrogens is 492 g/mol. The van der Waals surface area contributed by atoms with Gasteiger partial charge in [0.25, 0.3) is 5.91 Å². The molecule has 0 saturated heterocycles. The number of halogens is 2. The smallest absolute Gasteiger partial charge is 0.273 e. The first-order valence-electron chi connectivity index (χ1n) is 9.97. The number of nitrogens with one attached hydrogen (secondary N) is 1. The van der Waals surface area contributed by atoms with Gasteiger partial charge in [-0.15, -0.1) is 0 Å². The molecule has 4 aromatic rings. The Morgan fingerprint density at radius 3 is 2.81 bits per heavy atom. The first kappa shape index (κ1) is 20.7. The monoisotopic (exact) mass is 508 g/mol. The number of carbonyl (C=O) groups is 1. The number of aryl methyl sites for hydroxylation is 1. The van der Waals surface area contributed by atoms with E-state index >= 15 is 0 Å². The van der Waals surface area contributed by atoms with Gasteiger partial charge in [0.15, 0.2) is 0 Å². The number of nitrogens with zero attached hydrogens (tertiary/aromatic N) is 3. The molecule has 2 N–H and O–H groups in total. The van der Waals surface area contributed by atoms with E-state index < -0.39 is 6.04 Å². The fourth-order valence-electron chi connectivity index (χ4n) is 4.13. The molecule has 0 saturated carbocycles. The van der Waals surface area contributed by atoms with Gasteiger partial charge < -0.3 is 10.0 Å². The van der Waals surface area contributed by atoms with E-state index in [1.165, 1.54) is 0 Å². The van der Waals surface area contributed by atoms with Crippen LogP contribution in [0.25, 0.3) is 11.3 Å². The van der Waals surface area contributed by atoms with Crippen LogP contribution in [0.5, 0.6) is 5.75 Å². The van der Waals surface area contributed by atoms with Crippen LogP contribution in [-0.4, -0.2) is 31.1 Å². The molecule has 1 unspecified atom stereocenters. The number of carbonyl (C=O) groups excluding carboxylic acids is 1. The number of rotatable bonds is 4. The third kappa shape index (κ3) is 3.47. The molecule has 2 aromatic carbocycles. The molecule has 0 aliphatic carbocycles. The topological polar surface area (TPSA) is 82.1 Å². The summed E-state index contributed by atoms with van der Waals surface area (Å²) >= 11 is 9.89. The quantitative estimate of drug-likeness (QED) is 0.373. The number of H-pyrrole nitrogens is 1. The molecule has 0 bridgehead atoms. The molecule has 3 heterocycles. The predicted molar refractivity (Wildman–Crippen MR) is 126 cm³/mol. The first-order chi connectivity index (χ1) is 15.4. The summed E-state index contributed by atoms with van der Waals surface area (Å²) in [5.74, 6) is -0.0994. The number of fused-ring (bicyclic) bond motifs is 1. The number of phenolic OH excluding ortho intramolecular Hbond substituents is 1. The average Bonchev–Trinajstić information content (AvgIpc) is 3.31. The van der Waals surface area contributed by atoms with Crippen molar-refractivity contribution in [2.24, 2.45) is 0 Å². The average molecular weight is 510 g/mol. The van der Waals surface area contributed by atoms with E-state index in [4.69, 9.17) is 11.6 Å². The Morgan fingerprint density at radius 2 is 2.06 bits per heavy atom. The molecule has 1 aliphatic heterocycles. The minimum absolute atomic E-state index is 0.0624. The largest absolute Gasteiger partial charge is 0.507 e. The Morgan fingerprint density at radius 1 is 1.22 bits per heavy atom. The van der Waals surface area contributed by atoms with E-state index in [-0.39, 0.29) is 11.7 Å². The highest BCUT2D eigenvalue weighted by Gasteiger charge is 2.42. The maximum absolute atomic E-state index is 13.5. The molecule has 0 radical (unpaired) electrons. The summed E-state index contributed by atoms with van der Waals surface area (Å²) in [4.78, 5) is 19.4. The summed E-state index contributed by atoms with van der Waals surface area (Å²) in [7, 11) is 0. The number of aromatic amines is 1. The molecule has 5 rings (SSSR count). The van der Waals surface area contributed by atoms with Gasteiger partial charge in [-0.25, -0.2) is 0 Å².